The van der Waals surface area contributed by atoms with Gasteiger partial charge in [-0.2, -0.15) is 0 Å². The van der Waals surface area contributed by atoms with Crippen molar-refractivity contribution in [2.75, 3.05) is 18.6 Å². The van der Waals surface area contributed by atoms with Gasteiger partial charge in [-0.15, -0.1) is 0 Å². The van der Waals surface area contributed by atoms with Crippen molar-refractivity contribution in [1.82, 2.24) is 5.32 Å². The Balaban J connectivity index is 2.02. The Kier molecular flexibility index (Phi) is 6.91. The van der Waals surface area contributed by atoms with Crippen molar-refractivity contribution in [3.8, 4) is 0 Å². The maximum atomic E-state index is 12.1. The minimum atomic E-state index is -0.527. The molecule has 0 aromatic heterocycles. The highest BCUT2D eigenvalue weighted by Gasteiger charge is 2.20. The zero-order chi connectivity index (χ0) is 18.9. The predicted octanol–water partition coefficient (Wildman–Crippen LogP) is 2.53. The van der Waals surface area contributed by atoms with Crippen molar-refractivity contribution >= 4 is 23.5 Å². The molecule has 6 nitrogen and oxygen atoms in total. The number of para-hydroxylation sites is 1. The van der Waals surface area contributed by atoms with Crippen LogP contribution in [0.5, 0.6) is 0 Å². The van der Waals surface area contributed by atoms with Gasteiger partial charge in [0.25, 0.3) is 0 Å². The highest BCUT2D eigenvalue weighted by molar-refractivity contribution is 6.02. The fraction of sp³-hybridized carbons (Fsp3) is 0.250. The first-order valence-corrected chi connectivity index (χ1v) is 8.29. The van der Waals surface area contributed by atoms with Crippen LogP contribution in [0.4, 0.5) is 5.69 Å². The van der Waals surface area contributed by atoms with Gasteiger partial charge in [-0.05, 0) is 17.7 Å². The van der Waals surface area contributed by atoms with Gasteiger partial charge in [-0.1, -0.05) is 42.5 Å². The molecule has 2 aromatic carbocycles. The van der Waals surface area contributed by atoms with Crippen molar-refractivity contribution in [2.24, 2.45) is 0 Å². The van der Waals surface area contributed by atoms with Crippen molar-refractivity contribution in [3.05, 3.63) is 65.7 Å². The molecular formula is C20H22N2O4. The number of nitrogens with zero attached hydrogens (tertiary/aromatic N) is 1. The van der Waals surface area contributed by atoms with Crippen molar-refractivity contribution in [3.63, 3.8) is 0 Å². The van der Waals surface area contributed by atoms with Crippen LogP contribution in [0.25, 0.3) is 0 Å². The summed E-state index contributed by atoms with van der Waals surface area (Å²) < 4.78 is 4.76. The average molecular weight is 354 g/mol. The summed E-state index contributed by atoms with van der Waals surface area (Å²) in [6.45, 7) is 2.00. The summed E-state index contributed by atoms with van der Waals surface area (Å²) in [5.74, 6) is -0.951. The van der Waals surface area contributed by atoms with Crippen LogP contribution >= 0.6 is 0 Å². The second-order valence-corrected chi connectivity index (χ2v) is 5.69. The Morgan fingerprint density at radius 1 is 1.00 bits per heavy atom. The topological polar surface area (TPSA) is 75.7 Å². The van der Waals surface area contributed by atoms with Gasteiger partial charge in [-0.25, -0.2) is 4.79 Å². The molecule has 0 aliphatic heterocycles. The van der Waals surface area contributed by atoms with E-state index in [4.69, 9.17) is 4.74 Å². The molecule has 0 saturated heterocycles. The molecule has 0 spiro atoms. The lowest BCUT2D eigenvalue weighted by Gasteiger charge is -2.23. The molecule has 0 saturated carbocycles. The van der Waals surface area contributed by atoms with Crippen molar-refractivity contribution < 1.29 is 19.1 Å². The van der Waals surface area contributed by atoms with Gasteiger partial charge in [0.15, 0.2) is 0 Å². The Bertz CT molecular complexity index is 774. The first-order chi connectivity index (χ1) is 12.5. The molecule has 26 heavy (non-hydrogen) atoms. The summed E-state index contributed by atoms with van der Waals surface area (Å²) in [5.41, 5.74) is 1.72. The lowest BCUT2D eigenvalue weighted by atomic mass is 10.1. The molecule has 2 aromatic rings. The fourth-order valence-electron chi connectivity index (χ4n) is 2.54. The number of nitrogens with one attached hydrogen (secondary N) is 1. The molecule has 2 rings (SSSR count). The van der Waals surface area contributed by atoms with E-state index in [-0.39, 0.29) is 30.3 Å². The third-order valence-electron chi connectivity index (χ3n) is 3.88. The van der Waals surface area contributed by atoms with Crippen LogP contribution in [0.15, 0.2) is 54.6 Å². The Labute approximate surface area is 152 Å². The van der Waals surface area contributed by atoms with E-state index in [0.717, 1.165) is 5.56 Å². The summed E-state index contributed by atoms with van der Waals surface area (Å²) >= 11 is 0. The van der Waals surface area contributed by atoms with E-state index in [1.807, 2.05) is 30.3 Å². The molecule has 0 fully saturated rings. The van der Waals surface area contributed by atoms with Crippen LogP contribution < -0.4 is 10.2 Å². The number of esters is 1. The molecule has 2 amide bonds. The van der Waals surface area contributed by atoms with Crippen molar-refractivity contribution in [2.45, 2.75) is 19.9 Å². The molecule has 0 bridgehead atoms. The predicted molar refractivity (Wildman–Crippen MR) is 98.7 cm³/mol. The molecule has 0 radical (unpaired) electrons. The highest BCUT2D eigenvalue weighted by atomic mass is 16.5. The van der Waals surface area contributed by atoms with Crippen LogP contribution in [0.1, 0.15) is 29.3 Å². The van der Waals surface area contributed by atoms with Gasteiger partial charge < -0.3 is 15.0 Å². The summed E-state index contributed by atoms with van der Waals surface area (Å²) in [6.07, 6.45) is 0.127. The number of carbonyl (C=O) groups is 3. The van der Waals surface area contributed by atoms with Gasteiger partial charge >= 0.3 is 5.97 Å². The quantitative estimate of drug-likeness (QED) is 0.775. The lowest BCUT2D eigenvalue weighted by Crippen LogP contribution is -2.34. The zero-order valence-corrected chi connectivity index (χ0v) is 14.9. The molecule has 1 N–H and O–H groups in total. The Morgan fingerprint density at radius 3 is 2.31 bits per heavy atom. The number of benzene rings is 2. The SMILES string of the molecule is COC(=O)c1ccccc1N(CCC(=O)NCc1ccccc1)C(C)=O. The number of carbonyl (C=O) groups excluding carboxylic acids is 3. The van der Waals surface area contributed by atoms with Crippen LogP contribution in [0, 0.1) is 0 Å². The molecule has 0 atom stereocenters. The standard InChI is InChI=1S/C20H22N2O4/c1-15(23)22(18-11-7-6-10-17(18)20(25)26-2)13-12-19(24)21-14-16-8-4-3-5-9-16/h3-11H,12-14H2,1-2H3,(H,21,24). The van der Waals surface area contributed by atoms with Crippen LogP contribution in [-0.4, -0.2) is 31.4 Å². The molecule has 136 valence electrons. The summed E-state index contributed by atoms with van der Waals surface area (Å²) in [7, 11) is 1.29. The van der Waals surface area contributed by atoms with Gasteiger partial charge in [-0.3, -0.25) is 9.59 Å². The molecule has 6 heteroatoms. The minimum Gasteiger partial charge on any atom is -0.465 e. The lowest BCUT2D eigenvalue weighted by molar-refractivity contribution is -0.121. The highest BCUT2D eigenvalue weighted by Crippen LogP contribution is 2.21. The number of hydrogen-bond donors (Lipinski definition) is 1. The number of anilines is 1. The summed E-state index contributed by atoms with van der Waals surface area (Å²) in [4.78, 5) is 37.5. The van der Waals surface area contributed by atoms with Gasteiger partial charge in [0, 0.05) is 26.4 Å². The number of hydrogen-bond acceptors (Lipinski definition) is 4. The maximum absolute atomic E-state index is 12.1. The van der Waals surface area contributed by atoms with Gasteiger partial charge in [0.1, 0.15) is 0 Å². The van der Waals surface area contributed by atoms with Crippen molar-refractivity contribution in [1.29, 1.82) is 0 Å². The number of methoxy groups -OCH3 is 1. The van der Waals surface area contributed by atoms with E-state index in [1.54, 1.807) is 24.3 Å². The monoisotopic (exact) mass is 354 g/mol. The minimum absolute atomic E-state index is 0.127. The summed E-state index contributed by atoms with van der Waals surface area (Å²) in [6, 6.07) is 16.2. The number of rotatable bonds is 7. The maximum Gasteiger partial charge on any atom is 0.339 e. The Hall–Kier alpha value is -3.15. The van der Waals surface area contributed by atoms with Gasteiger partial charge in [0.2, 0.25) is 11.8 Å². The molecule has 0 aliphatic rings. The van der Waals surface area contributed by atoms with Crippen LogP contribution in [0.3, 0.4) is 0 Å². The first-order valence-electron chi connectivity index (χ1n) is 8.29. The molecule has 0 heterocycles. The average Bonchev–Trinajstić information content (AvgIpc) is 2.67. The smallest absolute Gasteiger partial charge is 0.339 e. The Morgan fingerprint density at radius 2 is 1.65 bits per heavy atom. The van der Waals surface area contributed by atoms with E-state index in [0.29, 0.717) is 12.2 Å². The van der Waals surface area contributed by atoms with E-state index >= 15 is 0 Å². The van der Waals surface area contributed by atoms with Crippen LogP contribution in [0.2, 0.25) is 0 Å². The second kappa shape index (κ2) is 9.36. The largest absolute Gasteiger partial charge is 0.465 e. The molecular weight excluding hydrogens is 332 g/mol. The van der Waals surface area contributed by atoms with E-state index < -0.39 is 5.97 Å². The zero-order valence-electron chi connectivity index (χ0n) is 14.9. The summed E-state index contributed by atoms with van der Waals surface area (Å²) in [5, 5.41) is 2.82. The third kappa shape index (κ3) is 5.17. The third-order valence-corrected chi connectivity index (χ3v) is 3.88. The van der Waals surface area contributed by atoms with E-state index in [2.05, 4.69) is 5.32 Å². The molecule has 0 unspecified atom stereocenters. The first kappa shape index (κ1) is 19.2. The second-order valence-electron chi connectivity index (χ2n) is 5.69. The van der Waals surface area contributed by atoms with Gasteiger partial charge in [0.05, 0.1) is 18.4 Å². The molecule has 0 aliphatic carbocycles. The van der Waals surface area contributed by atoms with E-state index in [9.17, 15) is 14.4 Å². The van der Waals surface area contributed by atoms with Crippen LogP contribution in [-0.2, 0) is 20.9 Å². The number of ether oxygens (including phenoxy) is 1. The fourth-order valence-corrected chi connectivity index (χ4v) is 2.54. The number of amides is 2. The van der Waals surface area contributed by atoms with E-state index in [1.165, 1.54) is 18.9 Å². The normalized spacial score (nSPS) is 10.1.